The molecule has 1 fully saturated rings. The van der Waals surface area contributed by atoms with E-state index in [4.69, 9.17) is 11.6 Å². The summed E-state index contributed by atoms with van der Waals surface area (Å²) in [7, 11) is 0. The maximum absolute atomic E-state index is 13.2. The number of nitrogens with one attached hydrogen (secondary N) is 1. The molecule has 1 aromatic rings. The molecular weight excluding hydrogens is 201 g/mol. The average molecular weight is 214 g/mol. The van der Waals surface area contributed by atoms with Crippen LogP contribution < -0.4 is 5.32 Å². The molecule has 2 rings (SSSR count). The largest absolute Gasteiger partial charge is 0.310 e. The molecule has 3 heteroatoms. The van der Waals surface area contributed by atoms with Crippen molar-refractivity contribution < 1.29 is 4.39 Å². The van der Waals surface area contributed by atoms with E-state index in [1.54, 1.807) is 12.1 Å². The number of alkyl halides is 1. The van der Waals surface area contributed by atoms with Gasteiger partial charge in [-0.05, 0) is 18.9 Å². The minimum atomic E-state index is -0.137. The van der Waals surface area contributed by atoms with Gasteiger partial charge in [0, 0.05) is 23.5 Å². The monoisotopic (exact) mass is 213 g/mol. The van der Waals surface area contributed by atoms with Gasteiger partial charge in [0.15, 0.2) is 0 Å². The molecule has 0 spiro atoms. The molecule has 0 heterocycles. The molecule has 0 bridgehead atoms. The third-order valence-electron chi connectivity index (χ3n) is 2.62. The Balaban J connectivity index is 1.83. The average Bonchev–Trinajstić information content (AvgIpc) is 2.13. The number of rotatable bonds is 3. The number of benzene rings is 1. The van der Waals surface area contributed by atoms with E-state index in [1.807, 2.05) is 6.07 Å². The zero-order valence-electron chi connectivity index (χ0n) is 7.84. The molecule has 0 radical (unpaired) electrons. The molecule has 0 aliphatic heterocycles. The van der Waals surface area contributed by atoms with Crippen LogP contribution in [0, 0.1) is 5.82 Å². The summed E-state index contributed by atoms with van der Waals surface area (Å²) in [6.07, 6.45) is 1.99. The van der Waals surface area contributed by atoms with Gasteiger partial charge < -0.3 is 5.32 Å². The molecule has 1 aromatic carbocycles. The molecule has 1 saturated carbocycles. The van der Waals surface area contributed by atoms with Gasteiger partial charge in [0.1, 0.15) is 5.82 Å². The van der Waals surface area contributed by atoms with Gasteiger partial charge in [-0.25, -0.2) is 4.39 Å². The van der Waals surface area contributed by atoms with Crippen LogP contribution in [-0.2, 0) is 6.54 Å². The highest BCUT2D eigenvalue weighted by Gasteiger charge is 2.26. The zero-order valence-corrected chi connectivity index (χ0v) is 8.60. The molecule has 0 unspecified atom stereocenters. The first-order chi connectivity index (χ1) is 6.75. The molecule has 1 N–H and O–H groups in total. The quantitative estimate of drug-likeness (QED) is 0.762. The second kappa shape index (κ2) is 4.28. The Morgan fingerprint density at radius 1 is 1.36 bits per heavy atom. The Bertz CT molecular complexity index is 310. The van der Waals surface area contributed by atoms with Crippen LogP contribution in [0.2, 0.25) is 0 Å². The smallest absolute Gasteiger partial charge is 0.127 e. The highest BCUT2D eigenvalue weighted by Crippen LogP contribution is 2.25. The van der Waals surface area contributed by atoms with Gasteiger partial charge in [0.05, 0.1) is 0 Å². The van der Waals surface area contributed by atoms with E-state index in [9.17, 15) is 4.39 Å². The Kier molecular flexibility index (Phi) is 3.04. The molecule has 0 atom stereocenters. The third kappa shape index (κ3) is 2.25. The summed E-state index contributed by atoms with van der Waals surface area (Å²) in [5, 5.41) is 3.60. The summed E-state index contributed by atoms with van der Waals surface area (Å²) in [5.74, 6) is -0.137. The Hall–Kier alpha value is -0.600. The summed E-state index contributed by atoms with van der Waals surface area (Å²) in [6.45, 7) is 0.598. The highest BCUT2D eigenvalue weighted by atomic mass is 35.5. The van der Waals surface area contributed by atoms with Crippen molar-refractivity contribution in [3.8, 4) is 0 Å². The van der Waals surface area contributed by atoms with Crippen molar-refractivity contribution in [3.05, 3.63) is 35.6 Å². The number of hydrogen-bond acceptors (Lipinski definition) is 1. The van der Waals surface area contributed by atoms with E-state index in [-0.39, 0.29) is 5.82 Å². The van der Waals surface area contributed by atoms with Crippen molar-refractivity contribution in [1.82, 2.24) is 5.32 Å². The lowest BCUT2D eigenvalue weighted by atomic mass is 9.92. The fourth-order valence-corrected chi connectivity index (χ4v) is 2.04. The lowest BCUT2D eigenvalue weighted by Gasteiger charge is -2.31. The van der Waals surface area contributed by atoms with E-state index in [2.05, 4.69) is 5.32 Å². The van der Waals surface area contributed by atoms with Crippen molar-refractivity contribution in [2.24, 2.45) is 0 Å². The van der Waals surface area contributed by atoms with E-state index < -0.39 is 0 Å². The van der Waals surface area contributed by atoms with Crippen molar-refractivity contribution in [2.45, 2.75) is 30.8 Å². The molecule has 0 amide bonds. The van der Waals surface area contributed by atoms with E-state index in [0.717, 1.165) is 18.4 Å². The first-order valence-corrected chi connectivity index (χ1v) is 5.30. The van der Waals surface area contributed by atoms with Gasteiger partial charge in [-0.15, -0.1) is 11.6 Å². The van der Waals surface area contributed by atoms with Crippen LogP contribution in [0.3, 0.4) is 0 Å². The molecular formula is C11H13ClFN. The van der Waals surface area contributed by atoms with Crippen molar-refractivity contribution >= 4 is 11.6 Å². The van der Waals surface area contributed by atoms with Crippen LogP contribution in [0.4, 0.5) is 4.39 Å². The molecule has 14 heavy (non-hydrogen) atoms. The van der Waals surface area contributed by atoms with E-state index >= 15 is 0 Å². The molecule has 0 saturated heterocycles. The van der Waals surface area contributed by atoms with Gasteiger partial charge in [-0.3, -0.25) is 0 Å². The number of halogens is 2. The molecule has 0 aromatic heterocycles. The maximum Gasteiger partial charge on any atom is 0.127 e. The predicted molar refractivity (Wildman–Crippen MR) is 55.9 cm³/mol. The summed E-state index contributed by atoms with van der Waals surface area (Å²) in [5.41, 5.74) is 0.727. The first-order valence-electron chi connectivity index (χ1n) is 4.86. The van der Waals surface area contributed by atoms with E-state index in [1.165, 1.54) is 6.07 Å². The maximum atomic E-state index is 13.2. The predicted octanol–water partition coefficient (Wildman–Crippen LogP) is 2.69. The van der Waals surface area contributed by atoms with Crippen LogP contribution in [0.25, 0.3) is 0 Å². The Morgan fingerprint density at radius 2 is 2.07 bits per heavy atom. The fraction of sp³-hybridized carbons (Fsp3) is 0.455. The lowest BCUT2D eigenvalue weighted by molar-refractivity contribution is 0.343. The van der Waals surface area contributed by atoms with Gasteiger partial charge in [-0.1, -0.05) is 18.2 Å². The van der Waals surface area contributed by atoms with Crippen LogP contribution in [0.5, 0.6) is 0 Å². The second-order valence-electron chi connectivity index (χ2n) is 3.74. The molecule has 76 valence electrons. The molecule has 1 aliphatic rings. The van der Waals surface area contributed by atoms with Gasteiger partial charge in [0.2, 0.25) is 0 Å². The Labute approximate surface area is 88.3 Å². The van der Waals surface area contributed by atoms with Crippen LogP contribution in [0.15, 0.2) is 24.3 Å². The van der Waals surface area contributed by atoms with Crippen LogP contribution in [0.1, 0.15) is 18.4 Å². The normalized spacial score (nSPS) is 25.9. The van der Waals surface area contributed by atoms with Gasteiger partial charge in [-0.2, -0.15) is 0 Å². The van der Waals surface area contributed by atoms with Gasteiger partial charge in [0.25, 0.3) is 0 Å². The summed E-state index contributed by atoms with van der Waals surface area (Å²) < 4.78 is 13.2. The lowest BCUT2D eigenvalue weighted by Crippen LogP contribution is -2.41. The fourth-order valence-electron chi connectivity index (χ4n) is 1.61. The minimum Gasteiger partial charge on any atom is -0.310 e. The topological polar surface area (TPSA) is 12.0 Å². The second-order valence-corrected chi connectivity index (χ2v) is 4.36. The summed E-state index contributed by atoms with van der Waals surface area (Å²) in [4.78, 5) is 0. The van der Waals surface area contributed by atoms with E-state index in [0.29, 0.717) is 18.0 Å². The standard InChI is InChI=1S/C11H13ClFN/c12-9-5-10(6-9)14-7-8-3-1-2-4-11(8)13/h1-4,9-10,14H,5-7H2. The van der Waals surface area contributed by atoms with Crippen LogP contribution in [-0.4, -0.2) is 11.4 Å². The van der Waals surface area contributed by atoms with Crippen molar-refractivity contribution in [3.63, 3.8) is 0 Å². The van der Waals surface area contributed by atoms with Crippen LogP contribution >= 0.6 is 11.6 Å². The molecule has 1 nitrogen and oxygen atoms in total. The number of hydrogen-bond donors (Lipinski definition) is 1. The Morgan fingerprint density at radius 3 is 2.71 bits per heavy atom. The zero-order chi connectivity index (χ0) is 9.97. The molecule has 1 aliphatic carbocycles. The SMILES string of the molecule is Fc1ccccc1CNC1CC(Cl)C1. The van der Waals surface area contributed by atoms with Crippen molar-refractivity contribution in [2.75, 3.05) is 0 Å². The third-order valence-corrected chi connectivity index (χ3v) is 2.98. The first kappa shape index (κ1) is 9.94. The van der Waals surface area contributed by atoms with Gasteiger partial charge >= 0.3 is 0 Å². The van der Waals surface area contributed by atoms with Crippen molar-refractivity contribution in [1.29, 1.82) is 0 Å². The highest BCUT2D eigenvalue weighted by molar-refractivity contribution is 6.21. The summed E-state index contributed by atoms with van der Waals surface area (Å²) >= 11 is 5.84. The minimum absolute atomic E-state index is 0.137. The summed E-state index contributed by atoms with van der Waals surface area (Å²) in [6, 6.07) is 7.32.